The van der Waals surface area contributed by atoms with Crippen LogP contribution in [-0.2, 0) is 6.42 Å². The van der Waals surface area contributed by atoms with Crippen molar-refractivity contribution in [2.24, 2.45) is 0 Å². The van der Waals surface area contributed by atoms with Crippen molar-refractivity contribution in [3.8, 4) is 10.7 Å². The summed E-state index contributed by atoms with van der Waals surface area (Å²) in [5, 5.41) is 5.19. The van der Waals surface area contributed by atoms with Crippen LogP contribution in [0.4, 0.5) is 5.82 Å². The van der Waals surface area contributed by atoms with Crippen LogP contribution in [0.2, 0.25) is 0 Å². The van der Waals surface area contributed by atoms with Crippen molar-refractivity contribution >= 4 is 55.7 Å². The molecule has 0 bridgehead atoms. The predicted molar refractivity (Wildman–Crippen MR) is 89.3 cm³/mol. The van der Waals surface area contributed by atoms with Gasteiger partial charge in [-0.05, 0) is 56.4 Å². The molecule has 0 aliphatic carbocycles. The Morgan fingerprint density at radius 2 is 2.22 bits per heavy atom. The van der Waals surface area contributed by atoms with Gasteiger partial charge in [-0.3, -0.25) is 0 Å². The lowest BCUT2D eigenvalue weighted by Gasteiger charge is -2.10. The standard InChI is InChI=1S/C12H13BrIN3S/c1-3-4-8-9(14)11(15-2)17-12(16-8)10-7(13)5-6-18-10/h5-6H,3-4H2,1-2H3,(H,15,16,17). The van der Waals surface area contributed by atoms with E-state index in [-0.39, 0.29) is 0 Å². The second kappa shape index (κ2) is 6.29. The zero-order valence-electron chi connectivity index (χ0n) is 10.1. The average Bonchev–Trinajstić information content (AvgIpc) is 2.78. The van der Waals surface area contributed by atoms with Gasteiger partial charge >= 0.3 is 0 Å². The maximum absolute atomic E-state index is 4.70. The van der Waals surface area contributed by atoms with Crippen molar-refractivity contribution in [2.45, 2.75) is 19.8 Å². The molecule has 0 spiro atoms. The summed E-state index contributed by atoms with van der Waals surface area (Å²) in [6, 6.07) is 2.03. The molecule has 2 heterocycles. The van der Waals surface area contributed by atoms with Crippen LogP contribution in [0, 0.1) is 3.57 Å². The number of halogens is 2. The fraction of sp³-hybridized carbons (Fsp3) is 0.333. The quantitative estimate of drug-likeness (QED) is 0.712. The number of nitrogens with one attached hydrogen (secondary N) is 1. The molecule has 0 aliphatic rings. The Hall–Kier alpha value is -0.210. The van der Waals surface area contributed by atoms with Crippen LogP contribution in [0.15, 0.2) is 15.9 Å². The molecule has 3 nitrogen and oxygen atoms in total. The molecule has 96 valence electrons. The van der Waals surface area contributed by atoms with Gasteiger partial charge in [-0.1, -0.05) is 13.3 Å². The summed E-state index contributed by atoms with van der Waals surface area (Å²) in [5.74, 6) is 1.70. The summed E-state index contributed by atoms with van der Waals surface area (Å²) in [5.41, 5.74) is 1.12. The third-order valence-corrected chi connectivity index (χ3v) is 5.43. The Morgan fingerprint density at radius 1 is 1.44 bits per heavy atom. The lowest BCUT2D eigenvalue weighted by molar-refractivity contribution is 0.868. The SMILES string of the molecule is CCCc1nc(-c2sccc2Br)nc(NC)c1I. The van der Waals surface area contributed by atoms with Crippen molar-refractivity contribution in [1.82, 2.24) is 9.97 Å². The molecule has 2 rings (SSSR count). The highest BCUT2D eigenvalue weighted by Crippen LogP contribution is 2.33. The van der Waals surface area contributed by atoms with E-state index >= 15 is 0 Å². The Labute approximate surface area is 133 Å². The highest BCUT2D eigenvalue weighted by Gasteiger charge is 2.14. The smallest absolute Gasteiger partial charge is 0.173 e. The minimum absolute atomic E-state index is 0.796. The van der Waals surface area contributed by atoms with Crippen LogP contribution in [0.5, 0.6) is 0 Å². The number of hydrogen-bond acceptors (Lipinski definition) is 4. The molecule has 0 unspecified atom stereocenters. The van der Waals surface area contributed by atoms with Crippen LogP contribution in [0.3, 0.4) is 0 Å². The molecule has 0 fully saturated rings. The van der Waals surface area contributed by atoms with E-state index in [1.807, 2.05) is 18.5 Å². The molecule has 2 aromatic heterocycles. The maximum Gasteiger partial charge on any atom is 0.173 e. The number of aromatic nitrogens is 2. The summed E-state index contributed by atoms with van der Waals surface area (Å²) >= 11 is 7.50. The van der Waals surface area contributed by atoms with Crippen LogP contribution in [0.25, 0.3) is 10.7 Å². The lowest BCUT2D eigenvalue weighted by atomic mass is 10.2. The van der Waals surface area contributed by atoms with E-state index in [9.17, 15) is 0 Å². The van der Waals surface area contributed by atoms with Gasteiger partial charge in [-0.15, -0.1) is 11.3 Å². The Bertz CT molecular complexity index is 556. The Kier molecular flexibility index (Phi) is 4.97. The van der Waals surface area contributed by atoms with Crippen molar-refractivity contribution in [3.05, 3.63) is 25.2 Å². The third kappa shape index (κ3) is 2.85. The minimum Gasteiger partial charge on any atom is -0.372 e. The van der Waals surface area contributed by atoms with E-state index in [1.54, 1.807) is 11.3 Å². The summed E-state index contributed by atoms with van der Waals surface area (Å²) in [6.07, 6.45) is 2.06. The van der Waals surface area contributed by atoms with Gasteiger partial charge in [-0.2, -0.15) is 0 Å². The van der Waals surface area contributed by atoms with Gasteiger partial charge in [0.15, 0.2) is 5.82 Å². The zero-order valence-corrected chi connectivity index (χ0v) is 14.7. The largest absolute Gasteiger partial charge is 0.372 e. The first kappa shape index (κ1) is 14.2. The van der Waals surface area contributed by atoms with Gasteiger partial charge in [0.1, 0.15) is 5.82 Å². The third-order valence-electron chi connectivity index (χ3n) is 2.46. The van der Waals surface area contributed by atoms with Crippen LogP contribution in [-0.4, -0.2) is 17.0 Å². The van der Waals surface area contributed by atoms with E-state index < -0.39 is 0 Å². The van der Waals surface area contributed by atoms with Crippen molar-refractivity contribution < 1.29 is 0 Å². The number of nitrogens with zero attached hydrogens (tertiary/aromatic N) is 2. The molecule has 0 aromatic carbocycles. The van der Waals surface area contributed by atoms with E-state index in [0.29, 0.717) is 0 Å². The summed E-state index contributed by atoms with van der Waals surface area (Å²) in [4.78, 5) is 10.4. The fourth-order valence-electron chi connectivity index (χ4n) is 1.62. The summed E-state index contributed by atoms with van der Waals surface area (Å²) < 4.78 is 2.17. The number of aryl methyl sites for hydroxylation is 1. The van der Waals surface area contributed by atoms with E-state index in [2.05, 4.69) is 55.7 Å². The Balaban J connectivity index is 2.55. The van der Waals surface area contributed by atoms with Crippen LogP contribution < -0.4 is 5.32 Å². The molecule has 2 aromatic rings. The molecule has 1 N–H and O–H groups in total. The second-order valence-electron chi connectivity index (χ2n) is 3.75. The van der Waals surface area contributed by atoms with Gasteiger partial charge in [0.2, 0.25) is 0 Å². The van der Waals surface area contributed by atoms with E-state index in [4.69, 9.17) is 4.98 Å². The number of hydrogen-bond donors (Lipinski definition) is 1. The minimum atomic E-state index is 0.796. The molecule has 0 atom stereocenters. The number of thiophene rings is 1. The van der Waals surface area contributed by atoms with Crippen molar-refractivity contribution in [1.29, 1.82) is 0 Å². The van der Waals surface area contributed by atoms with E-state index in [1.165, 1.54) is 0 Å². The summed E-state index contributed by atoms with van der Waals surface area (Å²) in [7, 11) is 1.90. The van der Waals surface area contributed by atoms with Gasteiger partial charge in [-0.25, -0.2) is 9.97 Å². The molecule has 0 saturated carbocycles. The first-order valence-corrected chi connectivity index (χ1v) is 8.40. The molecule has 0 amide bonds. The van der Waals surface area contributed by atoms with Gasteiger partial charge in [0, 0.05) is 11.5 Å². The normalized spacial score (nSPS) is 10.7. The van der Waals surface area contributed by atoms with Crippen LogP contribution >= 0.6 is 49.9 Å². The highest BCUT2D eigenvalue weighted by molar-refractivity contribution is 14.1. The maximum atomic E-state index is 4.70. The molecule has 18 heavy (non-hydrogen) atoms. The number of anilines is 1. The molecule has 0 radical (unpaired) electrons. The monoisotopic (exact) mass is 437 g/mol. The molecule has 0 aliphatic heterocycles. The first-order chi connectivity index (χ1) is 8.67. The molecule has 0 saturated heterocycles. The van der Waals surface area contributed by atoms with Crippen LogP contribution in [0.1, 0.15) is 19.0 Å². The van der Waals surface area contributed by atoms with E-state index in [0.717, 1.165) is 43.1 Å². The number of rotatable bonds is 4. The molecular weight excluding hydrogens is 425 g/mol. The van der Waals surface area contributed by atoms with Gasteiger partial charge in [0.05, 0.1) is 14.1 Å². The van der Waals surface area contributed by atoms with Crippen molar-refractivity contribution in [3.63, 3.8) is 0 Å². The fourth-order valence-corrected chi connectivity index (χ4v) is 3.88. The topological polar surface area (TPSA) is 37.8 Å². The lowest BCUT2D eigenvalue weighted by Crippen LogP contribution is -2.05. The first-order valence-electron chi connectivity index (χ1n) is 5.64. The van der Waals surface area contributed by atoms with Gasteiger partial charge in [0.25, 0.3) is 0 Å². The Morgan fingerprint density at radius 3 is 2.78 bits per heavy atom. The second-order valence-corrected chi connectivity index (χ2v) is 6.60. The highest BCUT2D eigenvalue weighted by atomic mass is 127. The molecule has 6 heteroatoms. The average molecular weight is 438 g/mol. The molecular formula is C12H13BrIN3S. The zero-order chi connectivity index (χ0) is 13.1. The predicted octanol–water partition coefficient (Wildman–Crippen LogP) is 4.57. The summed E-state index contributed by atoms with van der Waals surface area (Å²) in [6.45, 7) is 2.16. The van der Waals surface area contributed by atoms with Crippen molar-refractivity contribution in [2.75, 3.05) is 12.4 Å². The van der Waals surface area contributed by atoms with Gasteiger partial charge < -0.3 is 5.32 Å².